The van der Waals surface area contributed by atoms with E-state index in [2.05, 4.69) is 30.1 Å². The van der Waals surface area contributed by atoms with E-state index in [9.17, 15) is 5.26 Å². The molecular weight excluding hydrogens is 234 g/mol. The molecule has 4 atom stereocenters. The van der Waals surface area contributed by atoms with Gasteiger partial charge in [-0.1, -0.05) is 6.92 Å². The predicted octanol–water partition coefficient (Wildman–Crippen LogP) is 2.67. The summed E-state index contributed by atoms with van der Waals surface area (Å²) in [6.45, 7) is 5.98. The summed E-state index contributed by atoms with van der Waals surface area (Å²) in [4.78, 5) is 2.69. The molecule has 106 valence electrons. The molecule has 4 unspecified atom stereocenters. The van der Waals surface area contributed by atoms with Gasteiger partial charge in [0.25, 0.3) is 0 Å². The van der Waals surface area contributed by atoms with E-state index in [1.165, 1.54) is 38.6 Å². The molecule has 0 spiro atoms. The Hall–Kier alpha value is -0.590. The number of likely N-dealkylation sites (tertiary alicyclic amines) is 1. The molecule has 3 heteroatoms. The molecule has 1 heterocycles. The third kappa shape index (κ3) is 2.80. The van der Waals surface area contributed by atoms with Crippen LogP contribution in [0.2, 0.25) is 0 Å². The van der Waals surface area contributed by atoms with E-state index in [0.717, 1.165) is 18.8 Å². The fourth-order valence-corrected chi connectivity index (χ4v) is 4.15. The van der Waals surface area contributed by atoms with Crippen LogP contribution in [0.4, 0.5) is 0 Å². The number of nitrogens with one attached hydrogen (secondary N) is 1. The average Bonchev–Trinajstić information content (AvgIpc) is 3.08. The molecule has 2 saturated carbocycles. The highest BCUT2D eigenvalue weighted by Crippen LogP contribution is 2.38. The molecule has 19 heavy (non-hydrogen) atoms. The van der Waals surface area contributed by atoms with E-state index in [4.69, 9.17) is 0 Å². The molecule has 1 saturated heterocycles. The van der Waals surface area contributed by atoms with Gasteiger partial charge in [-0.05, 0) is 64.3 Å². The van der Waals surface area contributed by atoms with Gasteiger partial charge in [-0.25, -0.2) is 0 Å². The smallest absolute Gasteiger partial charge is 0.108 e. The summed E-state index contributed by atoms with van der Waals surface area (Å²) in [6, 6.07) is 4.57. The van der Waals surface area contributed by atoms with Crippen LogP contribution < -0.4 is 5.32 Å². The minimum absolute atomic E-state index is 0.214. The molecule has 0 aromatic rings. The van der Waals surface area contributed by atoms with Crippen LogP contribution in [-0.4, -0.2) is 35.1 Å². The molecule has 1 aliphatic heterocycles. The lowest BCUT2D eigenvalue weighted by Gasteiger charge is -2.41. The number of piperidine rings is 1. The van der Waals surface area contributed by atoms with Gasteiger partial charge in [0.05, 0.1) is 6.07 Å². The maximum Gasteiger partial charge on any atom is 0.108 e. The third-order valence-corrected chi connectivity index (χ3v) is 5.42. The maximum absolute atomic E-state index is 9.59. The molecule has 1 N–H and O–H groups in total. The standard InChI is InChI=1S/C16H27N3/c1-12-6-8-19(13(2)9-12)15-5-7-16(10-15,11-17)18-14-3-4-14/h12-15,18H,3-10H2,1-2H3. The summed E-state index contributed by atoms with van der Waals surface area (Å²) < 4.78 is 0. The monoisotopic (exact) mass is 261 g/mol. The molecule has 0 aromatic carbocycles. The molecule has 3 aliphatic rings. The zero-order valence-electron chi connectivity index (χ0n) is 12.4. The molecule has 3 rings (SSSR count). The number of nitrogens with zero attached hydrogens (tertiary/aromatic N) is 2. The second-order valence-corrected chi connectivity index (χ2v) is 7.23. The first-order valence-electron chi connectivity index (χ1n) is 8.06. The van der Waals surface area contributed by atoms with E-state index in [-0.39, 0.29) is 5.54 Å². The Kier molecular flexibility index (Phi) is 3.57. The largest absolute Gasteiger partial charge is 0.298 e. The number of hydrogen-bond acceptors (Lipinski definition) is 3. The topological polar surface area (TPSA) is 39.1 Å². The summed E-state index contributed by atoms with van der Waals surface area (Å²) in [5.41, 5.74) is -0.214. The van der Waals surface area contributed by atoms with E-state index < -0.39 is 0 Å². The van der Waals surface area contributed by atoms with Crippen molar-refractivity contribution < 1.29 is 0 Å². The SMILES string of the molecule is CC1CCN(C2CCC(C#N)(NC3CC3)C2)C(C)C1. The maximum atomic E-state index is 9.59. The Morgan fingerprint density at radius 3 is 2.63 bits per heavy atom. The van der Waals surface area contributed by atoms with Crippen molar-refractivity contribution in [3.63, 3.8) is 0 Å². The predicted molar refractivity (Wildman–Crippen MR) is 76.7 cm³/mol. The lowest BCUT2D eigenvalue weighted by molar-refractivity contribution is 0.0816. The summed E-state index contributed by atoms with van der Waals surface area (Å²) in [6.07, 6.45) is 8.48. The normalized spacial score (nSPS) is 44.2. The van der Waals surface area contributed by atoms with Gasteiger partial charge in [0.2, 0.25) is 0 Å². The molecular formula is C16H27N3. The molecule has 3 nitrogen and oxygen atoms in total. The van der Waals surface area contributed by atoms with Crippen LogP contribution in [0.15, 0.2) is 0 Å². The molecule has 0 amide bonds. The van der Waals surface area contributed by atoms with Crippen LogP contribution in [0.25, 0.3) is 0 Å². The van der Waals surface area contributed by atoms with Crippen molar-refractivity contribution >= 4 is 0 Å². The summed E-state index contributed by atoms with van der Waals surface area (Å²) in [5.74, 6) is 0.873. The van der Waals surface area contributed by atoms with Gasteiger partial charge in [0, 0.05) is 18.1 Å². The Morgan fingerprint density at radius 2 is 2.00 bits per heavy atom. The lowest BCUT2D eigenvalue weighted by Crippen LogP contribution is -2.48. The van der Waals surface area contributed by atoms with Gasteiger partial charge in [-0.15, -0.1) is 0 Å². The van der Waals surface area contributed by atoms with Gasteiger partial charge in [-0.2, -0.15) is 5.26 Å². The minimum atomic E-state index is -0.214. The first-order valence-corrected chi connectivity index (χ1v) is 8.06. The number of nitriles is 1. The lowest BCUT2D eigenvalue weighted by atomic mass is 9.91. The van der Waals surface area contributed by atoms with Crippen molar-refractivity contribution in [1.82, 2.24) is 10.2 Å². The highest BCUT2D eigenvalue weighted by Gasteiger charge is 2.45. The molecule has 0 bridgehead atoms. The van der Waals surface area contributed by atoms with Crippen LogP contribution in [0, 0.1) is 17.2 Å². The second kappa shape index (κ2) is 5.07. The summed E-state index contributed by atoms with van der Waals surface area (Å²) in [7, 11) is 0. The van der Waals surface area contributed by atoms with Crippen LogP contribution >= 0.6 is 0 Å². The Bertz CT molecular complexity index is 371. The number of hydrogen-bond donors (Lipinski definition) is 1. The number of rotatable bonds is 3. The Labute approximate surface area is 117 Å². The molecule has 0 aromatic heterocycles. The van der Waals surface area contributed by atoms with E-state index >= 15 is 0 Å². The fourth-order valence-electron chi connectivity index (χ4n) is 4.15. The van der Waals surface area contributed by atoms with Crippen molar-refractivity contribution in [2.45, 2.75) is 82.5 Å². The van der Waals surface area contributed by atoms with E-state index in [1.54, 1.807) is 0 Å². The molecule has 0 radical (unpaired) electrons. The molecule has 2 aliphatic carbocycles. The van der Waals surface area contributed by atoms with Gasteiger partial charge in [0.15, 0.2) is 0 Å². The van der Waals surface area contributed by atoms with Crippen LogP contribution in [0.1, 0.15) is 58.8 Å². The highest BCUT2D eigenvalue weighted by atomic mass is 15.2. The third-order valence-electron chi connectivity index (χ3n) is 5.42. The summed E-state index contributed by atoms with van der Waals surface area (Å²) in [5, 5.41) is 13.2. The first-order chi connectivity index (χ1) is 9.12. The van der Waals surface area contributed by atoms with Crippen LogP contribution in [0.3, 0.4) is 0 Å². The van der Waals surface area contributed by atoms with Crippen LogP contribution in [-0.2, 0) is 0 Å². The second-order valence-electron chi connectivity index (χ2n) is 7.23. The zero-order chi connectivity index (χ0) is 13.5. The first kappa shape index (κ1) is 13.4. The Balaban J connectivity index is 1.62. The van der Waals surface area contributed by atoms with Crippen molar-refractivity contribution in [3.05, 3.63) is 0 Å². The summed E-state index contributed by atoms with van der Waals surface area (Å²) >= 11 is 0. The molecule has 3 fully saturated rings. The van der Waals surface area contributed by atoms with E-state index in [0.29, 0.717) is 18.1 Å². The van der Waals surface area contributed by atoms with Gasteiger partial charge in [-0.3, -0.25) is 10.2 Å². The zero-order valence-corrected chi connectivity index (χ0v) is 12.4. The van der Waals surface area contributed by atoms with Crippen LogP contribution in [0.5, 0.6) is 0 Å². The van der Waals surface area contributed by atoms with Crippen molar-refractivity contribution in [2.24, 2.45) is 5.92 Å². The minimum Gasteiger partial charge on any atom is -0.298 e. The van der Waals surface area contributed by atoms with Crippen molar-refractivity contribution in [1.29, 1.82) is 5.26 Å². The van der Waals surface area contributed by atoms with Crippen molar-refractivity contribution in [3.8, 4) is 6.07 Å². The quantitative estimate of drug-likeness (QED) is 0.849. The average molecular weight is 261 g/mol. The van der Waals surface area contributed by atoms with E-state index in [1.807, 2.05) is 0 Å². The highest BCUT2D eigenvalue weighted by molar-refractivity contribution is 5.15. The Morgan fingerprint density at radius 1 is 1.21 bits per heavy atom. The van der Waals surface area contributed by atoms with Gasteiger partial charge >= 0.3 is 0 Å². The van der Waals surface area contributed by atoms with Gasteiger partial charge in [0.1, 0.15) is 5.54 Å². The fraction of sp³-hybridized carbons (Fsp3) is 0.938. The van der Waals surface area contributed by atoms with Gasteiger partial charge < -0.3 is 0 Å². The van der Waals surface area contributed by atoms with Crippen molar-refractivity contribution in [2.75, 3.05) is 6.54 Å².